The Bertz CT molecular complexity index is 912. The second kappa shape index (κ2) is 6.94. The average Bonchev–Trinajstić information content (AvgIpc) is 3.07. The van der Waals surface area contributed by atoms with Gasteiger partial charge in [-0.25, -0.2) is 4.98 Å². The Morgan fingerprint density at radius 3 is 2.96 bits per heavy atom. The molecule has 6 heteroatoms. The second-order valence-corrected chi connectivity index (χ2v) is 5.89. The standard InChI is InChI=1S/C18H14N4OS/c1-3-17(23)20-14-7-6-12(2)15(9-14)21-18-22-16(11-24-18)13-5-4-8-19-10-13/h1,4-11H,2H3,(H,20,23)(H,21,22). The van der Waals surface area contributed by atoms with Crippen molar-refractivity contribution >= 4 is 33.8 Å². The predicted molar refractivity (Wildman–Crippen MR) is 97.3 cm³/mol. The molecule has 0 unspecified atom stereocenters. The summed E-state index contributed by atoms with van der Waals surface area (Å²) in [6.45, 7) is 1.98. The van der Waals surface area contributed by atoms with Crippen LogP contribution in [-0.4, -0.2) is 15.9 Å². The van der Waals surface area contributed by atoms with Crippen LogP contribution in [0.3, 0.4) is 0 Å². The average molecular weight is 334 g/mol. The number of nitrogens with zero attached hydrogens (tertiary/aromatic N) is 2. The molecule has 0 saturated heterocycles. The molecule has 0 radical (unpaired) electrons. The molecule has 24 heavy (non-hydrogen) atoms. The fourth-order valence-electron chi connectivity index (χ4n) is 2.09. The number of carbonyl (C=O) groups is 1. The number of thiazole rings is 1. The van der Waals surface area contributed by atoms with E-state index in [0.717, 1.165) is 27.6 Å². The van der Waals surface area contributed by atoms with Gasteiger partial charge in [0.15, 0.2) is 5.13 Å². The first-order valence-corrected chi connectivity index (χ1v) is 8.05. The number of rotatable bonds is 4. The molecule has 2 heterocycles. The molecule has 0 saturated carbocycles. The van der Waals surface area contributed by atoms with Crippen molar-refractivity contribution in [2.45, 2.75) is 6.92 Å². The number of hydrogen-bond acceptors (Lipinski definition) is 5. The van der Waals surface area contributed by atoms with Crippen molar-refractivity contribution in [1.29, 1.82) is 0 Å². The maximum Gasteiger partial charge on any atom is 0.300 e. The van der Waals surface area contributed by atoms with Crippen molar-refractivity contribution in [3.8, 4) is 23.6 Å². The summed E-state index contributed by atoms with van der Waals surface area (Å²) < 4.78 is 0. The Morgan fingerprint density at radius 2 is 2.21 bits per heavy atom. The van der Waals surface area contributed by atoms with Gasteiger partial charge >= 0.3 is 0 Å². The van der Waals surface area contributed by atoms with Crippen LogP contribution in [0.1, 0.15) is 5.56 Å². The molecule has 0 aliphatic rings. The fraction of sp³-hybridized carbons (Fsp3) is 0.0556. The predicted octanol–water partition coefficient (Wildman–Crippen LogP) is 3.83. The van der Waals surface area contributed by atoms with Gasteiger partial charge in [0.25, 0.3) is 5.91 Å². The summed E-state index contributed by atoms with van der Waals surface area (Å²) in [6.07, 6.45) is 8.59. The van der Waals surface area contributed by atoms with E-state index in [9.17, 15) is 4.79 Å². The summed E-state index contributed by atoms with van der Waals surface area (Å²) in [5.41, 5.74) is 4.36. The van der Waals surface area contributed by atoms with Gasteiger partial charge in [-0.3, -0.25) is 9.78 Å². The number of terminal acetylenes is 1. The third kappa shape index (κ3) is 3.59. The van der Waals surface area contributed by atoms with E-state index in [1.807, 2.05) is 42.5 Å². The summed E-state index contributed by atoms with van der Waals surface area (Å²) in [7, 11) is 0. The molecule has 0 fully saturated rings. The molecule has 1 amide bonds. The molecule has 2 N–H and O–H groups in total. The van der Waals surface area contributed by atoms with Gasteiger partial charge in [-0.2, -0.15) is 0 Å². The Balaban J connectivity index is 1.81. The lowest BCUT2D eigenvalue weighted by atomic mass is 10.2. The van der Waals surface area contributed by atoms with Crippen LogP contribution >= 0.6 is 11.3 Å². The van der Waals surface area contributed by atoms with Crippen molar-refractivity contribution in [1.82, 2.24) is 9.97 Å². The van der Waals surface area contributed by atoms with Crippen LogP contribution in [0.15, 0.2) is 48.1 Å². The minimum atomic E-state index is -0.474. The topological polar surface area (TPSA) is 66.9 Å². The van der Waals surface area contributed by atoms with Crippen molar-refractivity contribution in [3.63, 3.8) is 0 Å². The van der Waals surface area contributed by atoms with Crippen molar-refractivity contribution in [2.24, 2.45) is 0 Å². The van der Waals surface area contributed by atoms with Crippen LogP contribution in [0.5, 0.6) is 0 Å². The molecule has 3 aromatic rings. The van der Waals surface area contributed by atoms with Crippen LogP contribution < -0.4 is 10.6 Å². The SMILES string of the molecule is C#CC(=O)Nc1ccc(C)c(Nc2nc(-c3cccnc3)cs2)c1. The number of nitrogens with one attached hydrogen (secondary N) is 2. The zero-order chi connectivity index (χ0) is 16.9. The molecule has 118 valence electrons. The molecular weight excluding hydrogens is 320 g/mol. The van der Waals surface area contributed by atoms with Gasteiger partial charge in [0.2, 0.25) is 0 Å². The van der Waals surface area contributed by atoms with Gasteiger partial charge < -0.3 is 10.6 Å². The van der Waals surface area contributed by atoms with Crippen LogP contribution in [0.25, 0.3) is 11.3 Å². The number of carbonyl (C=O) groups excluding carboxylic acids is 1. The molecule has 0 aliphatic heterocycles. The first-order valence-electron chi connectivity index (χ1n) is 7.17. The van der Waals surface area contributed by atoms with E-state index in [1.165, 1.54) is 11.3 Å². The van der Waals surface area contributed by atoms with Gasteiger partial charge in [-0.1, -0.05) is 6.07 Å². The Hall–Kier alpha value is -3.17. The van der Waals surface area contributed by atoms with Crippen molar-refractivity contribution in [3.05, 3.63) is 53.7 Å². The highest BCUT2D eigenvalue weighted by molar-refractivity contribution is 7.14. The van der Waals surface area contributed by atoms with Crippen molar-refractivity contribution < 1.29 is 4.79 Å². The monoisotopic (exact) mass is 334 g/mol. The van der Waals surface area contributed by atoms with Gasteiger partial charge in [0, 0.05) is 34.7 Å². The molecule has 0 atom stereocenters. The van der Waals surface area contributed by atoms with E-state index in [4.69, 9.17) is 6.42 Å². The normalized spacial score (nSPS) is 10.0. The number of aromatic nitrogens is 2. The summed E-state index contributed by atoms with van der Waals surface area (Å²) >= 11 is 1.50. The van der Waals surface area contributed by atoms with Crippen LogP contribution in [-0.2, 0) is 4.79 Å². The van der Waals surface area contributed by atoms with E-state index in [-0.39, 0.29) is 0 Å². The lowest BCUT2D eigenvalue weighted by molar-refractivity contribution is -0.111. The molecule has 2 aromatic heterocycles. The largest absolute Gasteiger partial charge is 0.331 e. The first-order chi connectivity index (χ1) is 11.7. The summed E-state index contributed by atoms with van der Waals surface area (Å²) in [6, 6.07) is 9.38. The zero-order valence-corrected chi connectivity index (χ0v) is 13.7. The first kappa shape index (κ1) is 15.7. The number of amides is 1. The third-order valence-corrected chi connectivity index (χ3v) is 4.09. The minimum absolute atomic E-state index is 0.474. The molecule has 3 rings (SSSR count). The van der Waals surface area contributed by atoms with Gasteiger partial charge in [-0.15, -0.1) is 17.8 Å². The number of anilines is 3. The molecular formula is C18H14N4OS. The fourth-order valence-corrected chi connectivity index (χ4v) is 2.83. The summed E-state index contributed by atoms with van der Waals surface area (Å²) in [5, 5.41) is 8.65. The Morgan fingerprint density at radius 1 is 1.33 bits per heavy atom. The smallest absolute Gasteiger partial charge is 0.300 e. The molecule has 0 bridgehead atoms. The van der Waals surface area contributed by atoms with Crippen LogP contribution in [0.2, 0.25) is 0 Å². The summed E-state index contributed by atoms with van der Waals surface area (Å²) in [5.74, 6) is 1.56. The number of aryl methyl sites for hydroxylation is 1. The lowest BCUT2D eigenvalue weighted by Crippen LogP contribution is -2.08. The van der Waals surface area contributed by atoms with E-state index < -0.39 is 5.91 Å². The summed E-state index contributed by atoms with van der Waals surface area (Å²) in [4.78, 5) is 20.0. The molecule has 1 aromatic carbocycles. The second-order valence-electron chi connectivity index (χ2n) is 5.03. The third-order valence-electron chi connectivity index (χ3n) is 3.33. The number of benzene rings is 1. The molecule has 5 nitrogen and oxygen atoms in total. The van der Waals surface area contributed by atoms with E-state index >= 15 is 0 Å². The quantitative estimate of drug-likeness (QED) is 0.712. The zero-order valence-electron chi connectivity index (χ0n) is 12.9. The van der Waals surface area contributed by atoms with Gasteiger partial charge in [-0.05, 0) is 42.7 Å². The van der Waals surface area contributed by atoms with Crippen LogP contribution in [0.4, 0.5) is 16.5 Å². The van der Waals surface area contributed by atoms with Gasteiger partial charge in [0.1, 0.15) is 0 Å². The lowest BCUT2D eigenvalue weighted by Gasteiger charge is -2.09. The highest BCUT2D eigenvalue weighted by atomic mass is 32.1. The van der Waals surface area contributed by atoms with Crippen LogP contribution in [0, 0.1) is 19.3 Å². The van der Waals surface area contributed by atoms with Gasteiger partial charge in [0.05, 0.1) is 5.69 Å². The molecule has 0 aliphatic carbocycles. The Kier molecular flexibility index (Phi) is 4.54. The number of pyridine rings is 1. The van der Waals surface area contributed by atoms with E-state index in [2.05, 4.69) is 20.6 Å². The number of hydrogen-bond donors (Lipinski definition) is 2. The minimum Gasteiger partial charge on any atom is -0.331 e. The Labute approximate surface area is 143 Å². The highest BCUT2D eigenvalue weighted by Gasteiger charge is 2.07. The maximum absolute atomic E-state index is 11.3. The van der Waals surface area contributed by atoms with E-state index in [0.29, 0.717) is 5.69 Å². The van der Waals surface area contributed by atoms with Crippen molar-refractivity contribution in [2.75, 3.05) is 10.6 Å². The molecule has 0 spiro atoms. The van der Waals surface area contributed by atoms with E-state index in [1.54, 1.807) is 18.5 Å². The highest BCUT2D eigenvalue weighted by Crippen LogP contribution is 2.29. The maximum atomic E-state index is 11.3.